The topological polar surface area (TPSA) is 33.2 Å². The fourth-order valence-electron chi connectivity index (χ4n) is 2.22. The third-order valence-electron chi connectivity index (χ3n) is 3.50. The van der Waals surface area contributed by atoms with E-state index in [1.807, 2.05) is 41.5 Å². The van der Waals surface area contributed by atoms with E-state index in [9.17, 15) is 4.79 Å². The van der Waals surface area contributed by atoms with E-state index in [1.165, 1.54) is 11.3 Å². The minimum atomic E-state index is 0.145. The van der Waals surface area contributed by atoms with Crippen LogP contribution in [0, 0.1) is 0 Å². The summed E-state index contributed by atoms with van der Waals surface area (Å²) in [5.74, 6) is 0.145. The summed E-state index contributed by atoms with van der Waals surface area (Å²) < 4.78 is 0. The van der Waals surface area contributed by atoms with E-state index >= 15 is 0 Å². The largest absolute Gasteiger partial charge is 0.343 e. The second-order valence-corrected chi connectivity index (χ2v) is 6.39. The van der Waals surface area contributed by atoms with Gasteiger partial charge in [-0.2, -0.15) is 0 Å². The molecule has 3 nitrogen and oxygen atoms in total. The first kappa shape index (κ1) is 17.0. The Morgan fingerprint density at radius 2 is 2.09 bits per heavy atom. The Labute approximate surface area is 140 Å². The molecule has 5 heteroatoms. The van der Waals surface area contributed by atoms with E-state index in [2.05, 4.69) is 11.9 Å². The number of hydrogen-bond donors (Lipinski definition) is 0. The Bertz CT molecular complexity index is 627. The molecule has 0 radical (unpaired) electrons. The molecule has 0 fully saturated rings. The van der Waals surface area contributed by atoms with Crippen molar-refractivity contribution in [2.45, 2.75) is 33.1 Å². The van der Waals surface area contributed by atoms with Gasteiger partial charge in [0.15, 0.2) is 0 Å². The summed E-state index contributed by atoms with van der Waals surface area (Å²) in [5, 5.41) is 3.50. The van der Waals surface area contributed by atoms with Crippen molar-refractivity contribution in [1.29, 1.82) is 0 Å². The number of carbonyl (C=O) groups is 1. The number of hydrogen-bond acceptors (Lipinski definition) is 3. The fourth-order valence-corrected chi connectivity index (χ4v) is 3.36. The van der Waals surface area contributed by atoms with Crippen molar-refractivity contribution in [2.24, 2.45) is 0 Å². The van der Waals surface area contributed by atoms with Gasteiger partial charge < -0.3 is 4.90 Å². The molecule has 0 saturated heterocycles. The normalized spacial score (nSPS) is 10.7. The molecule has 0 bridgehead atoms. The average molecular weight is 337 g/mol. The second kappa shape index (κ2) is 8.30. The number of likely N-dealkylation sites (N-methyl/N-ethyl adjacent to an activating group) is 1. The highest BCUT2D eigenvalue weighted by Crippen LogP contribution is 2.30. The van der Waals surface area contributed by atoms with Gasteiger partial charge in [-0.1, -0.05) is 43.1 Å². The number of amides is 1. The van der Waals surface area contributed by atoms with E-state index in [0.29, 0.717) is 11.4 Å². The van der Waals surface area contributed by atoms with Crippen molar-refractivity contribution in [1.82, 2.24) is 9.88 Å². The molecule has 0 N–H and O–H groups in total. The van der Waals surface area contributed by atoms with Crippen LogP contribution in [0.25, 0.3) is 10.6 Å². The first-order valence-electron chi connectivity index (χ1n) is 7.62. The van der Waals surface area contributed by atoms with Crippen molar-refractivity contribution < 1.29 is 4.79 Å². The zero-order valence-electron chi connectivity index (χ0n) is 13.0. The molecule has 0 unspecified atom stereocenters. The van der Waals surface area contributed by atoms with Crippen molar-refractivity contribution in [2.75, 3.05) is 13.1 Å². The number of nitrogens with zero attached hydrogens (tertiary/aromatic N) is 2. The van der Waals surface area contributed by atoms with Gasteiger partial charge in [0.25, 0.3) is 0 Å². The van der Waals surface area contributed by atoms with Crippen LogP contribution < -0.4 is 0 Å². The Kier molecular flexibility index (Phi) is 6.40. The molecule has 0 spiro atoms. The number of halogens is 1. The summed E-state index contributed by atoms with van der Waals surface area (Å²) in [6.45, 7) is 5.73. The average Bonchev–Trinajstić information content (AvgIpc) is 2.96. The van der Waals surface area contributed by atoms with Gasteiger partial charge in [0.1, 0.15) is 5.01 Å². The Morgan fingerprint density at radius 3 is 2.77 bits per heavy atom. The van der Waals surface area contributed by atoms with Crippen LogP contribution in [0.3, 0.4) is 0 Å². The summed E-state index contributed by atoms with van der Waals surface area (Å²) in [7, 11) is 0. The fraction of sp³-hybridized carbons (Fsp3) is 0.412. The lowest BCUT2D eigenvalue weighted by atomic mass is 10.2. The molecule has 0 aliphatic carbocycles. The van der Waals surface area contributed by atoms with Gasteiger partial charge in [-0.05, 0) is 19.4 Å². The lowest BCUT2D eigenvalue weighted by Crippen LogP contribution is -2.33. The molecule has 0 aliphatic rings. The number of unbranched alkanes of at least 4 members (excludes halogenated alkanes) is 1. The lowest BCUT2D eigenvalue weighted by Gasteiger charge is -2.20. The maximum Gasteiger partial charge on any atom is 0.228 e. The number of benzene rings is 1. The van der Waals surface area contributed by atoms with Gasteiger partial charge in [0.05, 0.1) is 17.1 Å². The summed E-state index contributed by atoms with van der Waals surface area (Å²) in [5.41, 5.74) is 1.74. The molecule has 118 valence electrons. The highest BCUT2D eigenvalue weighted by molar-refractivity contribution is 7.13. The molecule has 2 rings (SSSR count). The number of thiazole rings is 1. The third kappa shape index (κ3) is 4.31. The van der Waals surface area contributed by atoms with Crippen LogP contribution in [0.15, 0.2) is 29.6 Å². The summed E-state index contributed by atoms with van der Waals surface area (Å²) in [4.78, 5) is 18.8. The predicted octanol–water partition coefficient (Wildman–Crippen LogP) is 4.65. The quantitative estimate of drug-likeness (QED) is 0.737. The molecule has 22 heavy (non-hydrogen) atoms. The minimum Gasteiger partial charge on any atom is -0.343 e. The molecule has 2 aromatic rings. The Balaban J connectivity index is 2.06. The molecule has 0 aliphatic heterocycles. The zero-order valence-corrected chi connectivity index (χ0v) is 14.6. The van der Waals surface area contributed by atoms with Gasteiger partial charge in [0.2, 0.25) is 5.91 Å². The summed E-state index contributed by atoms with van der Waals surface area (Å²) in [6.07, 6.45) is 2.50. The smallest absolute Gasteiger partial charge is 0.228 e. The third-order valence-corrected chi connectivity index (χ3v) is 4.76. The predicted molar refractivity (Wildman–Crippen MR) is 93.4 cm³/mol. The van der Waals surface area contributed by atoms with Gasteiger partial charge >= 0.3 is 0 Å². The second-order valence-electron chi connectivity index (χ2n) is 5.13. The van der Waals surface area contributed by atoms with E-state index in [4.69, 9.17) is 11.6 Å². The lowest BCUT2D eigenvalue weighted by molar-refractivity contribution is -0.130. The number of carbonyl (C=O) groups excluding carboxylic acids is 1. The SMILES string of the molecule is CCCCN(CC)C(=O)Cc1csc(-c2ccccc2Cl)n1. The monoisotopic (exact) mass is 336 g/mol. The molecule has 0 atom stereocenters. The van der Waals surface area contributed by atoms with E-state index in [1.54, 1.807) is 0 Å². The van der Waals surface area contributed by atoms with Gasteiger partial charge in [-0.3, -0.25) is 4.79 Å². The first-order valence-corrected chi connectivity index (χ1v) is 8.88. The molecule has 1 aromatic carbocycles. The molecular weight excluding hydrogens is 316 g/mol. The van der Waals surface area contributed by atoms with Crippen molar-refractivity contribution in [3.63, 3.8) is 0 Å². The molecule has 0 saturated carbocycles. The molecule has 1 amide bonds. The molecule has 1 aromatic heterocycles. The van der Waals surface area contributed by atoms with E-state index < -0.39 is 0 Å². The van der Waals surface area contributed by atoms with Gasteiger partial charge in [-0.25, -0.2) is 4.98 Å². The summed E-state index contributed by atoms with van der Waals surface area (Å²) in [6, 6.07) is 7.65. The van der Waals surface area contributed by atoms with Crippen LogP contribution in [0.4, 0.5) is 0 Å². The first-order chi connectivity index (χ1) is 10.7. The highest BCUT2D eigenvalue weighted by Gasteiger charge is 2.15. The minimum absolute atomic E-state index is 0.145. The van der Waals surface area contributed by atoms with Crippen LogP contribution in [-0.4, -0.2) is 28.9 Å². The molecule has 1 heterocycles. The van der Waals surface area contributed by atoms with Gasteiger partial charge in [0, 0.05) is 24.0 Å². The van der Waals surface area contributed by atoms with Crippen LogP contribution in [0.5, 0.6) is 0 Å². The Hall–Kier alpha value is -1.39. The van der Waals surface area contributed by atoms with Crippen molar-refractivity contribution in [3.8, 4) is 10.6 Å². The zero-order chi connectivity index (χ0) is 15.9. The van der Waals surface area contributed by atoms with Crippen molar-refractivity contribution in [3.05, 3.63) is 40.4 Å². The maximum atomic E-state index is 12.3. The Morgan fingerprint density at radius 1 is 1.32 bits per heavy atom. The number of aromatic nitrogens is 1. The van der Waals surface area contributed by atoms with Crippen LogP contribution >= 0.6 is 22.9 Å². The van der Waals surface area contributed by atoms with E-state index in [0.717, 1.165) is 42.2 Å². The number of rotatable bonds is 7. The van der Waals surface area contributed by atoms with Crippen LogP contribution in [0.2, 0.25) is 5.02 Å². The van der Waals surface area contributed by atoms with Gasteiger partial charge in [-0.15, -0.1) is 11.3 Å². The van der Waals surface area contributed by atoms with Crippen LogP contribution in [0.1, 0.15) is 32.4 Å². The summed E-state index contributed by atoms with van der Waals surface area (Å²) >= 11 is 7.73. The van der Waals surface area contributed by atoms with Crippen LogP contribution in [-0.2, 0) is 11.2 Å². The maximum absolute atomic E-state index is 12.3. The van der Waals surface area contributed by atoms with E-state index in [-0.39, 0.29) is 5.91 Å². The molecular formula is C17H21ClN2OS. The van der Waals surface area contributed by atoms with Crippen molar-refractivity contribution >= 4 is 28.8 Å². The highest BCUT2D eigenvalue weighted by atomic mass is 35.5. The standard InChI is InChI=1S/C17H21ClN2OS/c1-3-5-10-20(4-2)16(21)11-13-12-22-17(19-13)14-8-6-7-9-15(14)18/h6-9,12H,3-5,10-11H2,1-2H3.